The Balaban J connectivity index is 1.15. The maximum atomic E-state index is 13.4. The fourth-order valence-corrected chi connectivity index (χ4v) is 5.68. The number of carbonyl (C=O) groups excluding carboxylic acids is 1. The molecule has 0 radical (unpaired) electrons. The van der Waals surface area contributed by atoms with E-state index in [4.69, 9.17) is 4.52 Å². The first kappa shape index (κ1) is 18.8. The van der Waals surface area contributed by atoms with Crippen molar-refractivity contribution >= 4 is 28.3 Å². The molecule has 2 atom stereocenters. The van der Waals surface area contributed by atoms with Gasteiger partial charge in [0.05, 0.1) is 23.6 Å². The Labute approximate surface area is 180 Å². The van der Waals surface area contributed by atoms with Crippen LogP contribution in [0, 0.1) is 5.82 Å². The average Bonchev–Trinajstić information content (AvgIpc) is 3.31. The topological polar surface area (TPSA) is 52.8 Å². The summed E-state index contributed by atoms with van der Waals surface area (Å²) in [7, 11) is 1.88. The van der Waals surface area contributed by atoms with Crippen molar-refractivity contribution in [3.05, 3.63) is 53.5 Å². The molecule has 0 saturated carbocycles. The van der Waals surface area contributed by atoms with Crippen LogP contribution in [-0.4, -0.2) is 55.2 Å². The van der Waals surface area contributed by atoms with Gasteiger partial charge in [0.15, 0.2) is 5.58 Å². The van der Waals surface area contributed by atoms with Gasteiger partial charge in [-0.05, 0) is 49.6 Å². The Morgan fingerprint density at radius 2 is 2.16 bits per heavy atom. The van der Waals surface area contributed by atoms with Crippen molar-refractivity contribution in [2.24, 2.45) is 0 Å². The van der Waals surface area contributed by atoms with Crippen LogP contribution < -0.4 is 9.80 Å². The van der Waals surface area contributed by atoms with E-state index in [2.05, 4.69) is 33.2 Å². The number of hydrogen-bond acceptors (Lipinski definition) is 5. The predicted molar refractivity (Wildman–Crippen MR) is 117 cm³/mol. The van der Waals surface area contributed by atoms with Crippen LogP contribution in [0.15, 0.2) is 40.9 Å². The lowest BCUT2D eigenvalue weighted by molar-refractivity contribution is -0.117. The van der Waals surface area contributed by atoms with Gasteiger partial charge >= 0.3 is 0 Å². The molecule has 0 unspecified atom stereocenters. The first-order chi connectivity index (χ1) is 15.1. The number of anilines is 2. The van der Waals surface area contributed by atoms with Crippen LogP contribution in [0.3, 0.4) is 0 Å². The number of halogens is 1. The lowest BCUT2D eigenvalue weighted by Gasteiger charge is -2.40. The molecule has 3 aliphatic heterocycles. The molecule has 1 aromatic heterocycles. The SMILES string of the molecule is CN1C(=O)CN2c3c(cccc31)[C@@H]1CN(CCCc3noc4cc(F)ccc34)CC[C@@H]12. The smallest absolute Gasteiger partial charge is 0.246 e. The number of likely N-dealkylation sites (N-methyl/N-ethyl adjacent to an activating group) is 1. The maximum Gasteiger partial charge on any atom is 0.246 e. The Kier molecular flexibility index (Phi) is 4.28. The molecule has 3 aliphatic rings. The largest absolute Gasteiger partial charge is 0.357 e. The van der Waals surface area contributed by atoms with Crippen LogP contribution in [0.2, 0.25) is 0 Å². The summed E-state index contributed by atoms with van der Waals surface area (Å²) in [6, 6.07) is 11.4. The molecule has 0 N–H and O–H groups in total. The summed E-state index contributed by atoms with van der Waals surface area (Å²) in [6.45, 7) is 3.53. The van der Waals surface area contributed by atoms with Gasteiger partial charge in [-0.15, -0.1) is 0 Å². The molecule has 160 valence electrons. The van der Waals surface area contributed by atoms with Crippen LogP contribution in [0.5, 0.6) is 0 Å². The summed E-state index contributed by atoms with van der Waals surface area (Å²) in [5.41, 5.74) is 5.11. The molecule has 0 aliphatic carbocycles. The number of para-hydroxylation sites is 1. The van der Waals surface area contributed by atoms with Crippen molar-refractivity contribution in [1.82, 2.24) is 10.1 Å². The molecular weight excluding hydrogens is 395 g/mol. The molecule has 6 rings (SSSR count). The minimum Gasteiger partial charge on any atom is -0.357 e. The number of amides is 1. The van der Waals surface area contributed by atoms with E-state index >= 15 is 0 Å². The van der Waals surface area contributed by atoms with Crippen molar-refractivity contribution in [1.29, 1.82) is 0 Å². The minimum absolute atomic E-state index is 0.174. The molecule has 0 spiro atoms. The predicted octanol–water partition coefficient (Wildman–Crippen LogP) is 3.55. The van der Waals surface area contributed by atoms with Crippen LogP contribution in [0.1, 0.15) is 30.0 Å². The third-order valence-electron chi connectivity index (χ3n) is 7.23. The fourth-order valence-electron chi connectivity index (χ4n) is 5.68. The maximum absolute atomic E-state index is 13.4. The first-order valence-corrected chi connectivity index (χ1v) is 11.0. The molecule has 2 aromatic carbocycles. The van der Waals surface area contributed by atoms with Crippen molar-refractivity contribution in [3.63, 3.8) is 0 Å². The molecule has 31 heavy (non-hydrogen) atoms. The molecule has 7 heteroatoms. The zero-order valence-corrected chi connectivity index (χ0v) is 17.6. The second-order valence-corrected chi connectivity index (χ2v) is 8.93. The van der Waals surface area contributed by atoms with Crippen LogP contribution in [-0.2, 0) is 11.2 Å². The fraction of sp³-hybridized carbons (Fsp3) is 0.417. The zero-order valence-electron chi connectivity index (χ0n) is 17.6. The quantitative estimate of drug-likeness (QED) is 0.646. The summed E-state index contributed by atoms with van der Waals surface area (Å²) in [6.07, 6.45) is 2.87. The summed E-state index contributed by atoms with van der Waals surface area (Å²) in [4.78, 5) is 19.2. The normalized spacial score (nSPS) is 22.8. The molecular formula is C24H25FN4O2. The number of hydrogen-bond donors (Lipinski definition) is 0. The van der Waals surface area contributed by atoms with Gasteiger partial charge in [0, 0.05) is 43.5 Å². The molecule has 0 bridgehead atoms. The van der Waals surface area contributed by atoms with Crippen molar-refractivity contribution in [2.45, 2.75) is 31.2 Å². The molecule has 3 aromatic rings. The third kappa shape index (κ3) is 2.94. The second kappa shape index (κ2) is 7.05. The van der Waals surface area contributed by atoms with E-state index in [1.54, 1.807) is 11.0 Å². The van der Waals surface area contributed by atoms with Crippen LogP contribution in [0.25, 0.3) is 11.0 Å². The van der Waals surface area contributed by atoms with Gasteiger partial charge in [0.1, 0.15) is 5.82 Å². The molecule has 1 amide bonds. The van der Waals surface area contributed by atoms with Crippen molar-refractivity contribution < 1.29 is 13.7 Å². The highest BCUT2D eigenvalue weighted by molar-refractivity contribution is 6.04. The highest BCUT2D eigenvalue weighted by Gasteiger charge is 2.46. The lowest BCUT2D eigenvalue weighted by Crippen LogP contribution is -2.51. The number of fused-ring (bicyclic) bond motifs is 4. The van der Waals surface area contributed by atoms with Crippen LogP contribution in [0.4, 0.5) is 15.8 Å². The average molecular weight is 420 g/mol. The van der Waals surface area contributed by atoms with Gasteiger partial charge in [-0.25, -0.2) is 4.39 Å². The Morgan fingerprint density at radius 1 is 1.26 bits per heavy atom. The first-order valence-electron chi connectivity index (χ1n) is 11.0. The third-order valence-corrected chi connectivity index (χ3v) is 7.23. The van der Waals surface area contributed by atoms with E-state index in [1.807, 2.05) is 7.05 Å². The van der Waals surface area contributed by atoms with E-state index < -0.39 is 0 Å². The molecule has 1 saturated heterocycles. The highest BCUT2D eigenvalue weighted by Crippen LogP contribution is 2.50. The van der Waals surface area contributed by atoms with E-state index in [9.17, 15) is 9.18 Å². The zero-order chi connectivity index (χ0) is 21.1. The van der Waals surface area contributed by atoms with Gasteiger partial charge in [-0.1, -0.05) is 17.3 Å². The molecule has 1 fully saturated rings. The summed E-state index contributed by atoms with van der Waals surface area (Å²) >= 11 is 0. The van der Waals surface area contributed by atoms with E-state index in [0.29, 0.717) is 24.1 Å². The van der Waals surface area contributed by atoms with Crippen molar-refractivity contribution in [2.75, 3.05) is 43.0 Å². The number of aromatic nitrogens is 1. The summed E-state index contributed by atoms with van der Waals surface area (Å²) in [5, 5.41) is 5.05. The number of benzene rings is 2. The molecule has 6 nitrogen and oxygen atoms in total. The summed E-state index contributed by atoms with van der Waals surface area (Å²) in [5.74, 6) is 0.315. The highest BCUT2D eigenvalue weighted by atomic mass is 19.1. The number of nitrogens with zero attached hydrogens (tertiary/aromatic N) is 4. The molecule has 4 heterocycles. The van der Waals surface area contributed by atoms with E-state index in [1.165, 1.54) is 23.4 Å². The van der Waals surface area contributed by atoms with Gasteiger partial charge in [-0.2, -0.15) is 0 Å². The Hall–Kier alpha value is -2.93. The lowest BCUT2D eigenvalue weighted by atomic mass is 9.89. The number of rotatable bonds is 4. The minimum atomic E-state index is -0.302. The number of carbonyl (C=O) groups is 1. The van der Waals surface area contributed by atoms with Crippen LogP contribution >= 0.6 is 0 Å². The number of piperidine rings is 1. The van der Waals surface area contributed by atoms with E-state index in [-0.39, 0.29) is 11.7 Å². The van der Waals surface area contributed by atoms with Gasteiger partial charge in [-0.3, -0.25) is 4.79 Å². The monoisotopic (exact) mass is 420 g/mol. The van der Waals surface area contributed by atoms with Crippen molar-refractivity contribution in [3.8, 4) is 0 Å². The Morgan fingerprint density at radius 3 is 3.06 bits per heavy atom. The number of likely N-dealkylation sites (tertiary alicyclic amines) is 1. The Bertz CT molecular complexity index is 1180. The number of aryl methyl sites for hydroxylation is 1. The second-order valence-electron chi connectivity index (χ2n) is 8.93. The van der Waals surface area contributed by atoms with Gasteiger partial charge < -0.3 is 19.2 Å². The summed E-state index contributed by atoms with van der Waals surface area (Å²) < 4.78 is 18.6. The van der Waals surface area contributed by atoms with Gasteiger partial charge in [0.25, 0.3) is 0 Å². The standard InChI is InChI=1S/C24H25FN4O2/c1-27-21-6-2-4-16-18-13-28(11-9-20(18)29(24(16)21)14-23(27)30)10-3-5-19-17-8-7-15(25)12-22(17)31-26-19/h2,4,6-8,12,18,20H,3,5,9-11,13-14H2,1H3/t18-,20-/m0/s1. The van der Waals surface area contributed by atoms with Gasteiger partial charge in [0.2, 0.25) is 5.91 Å². The van der Waals surface area contributed by atoms with E-state index in [0.717, 1.165) is 55.7 Å².